The summed E-state index contributed by atoms with van der Waals surface area (Å²) in [5.74, 6) is 0.733. The number of hydrogen-bond acceptors (Lipinski definition) is 6. The molecule has 4 rings (SSSR count). The Morgan fingerprint density at radius 2 is 1.86 bits per heavy atom. The number of carbonyl (C=O) groups is 1. The van der Waals surface area contributed by atoms with Crippen LogP contribution in [-0.2, 0) is 0 Å². The predicted molar refractivity (Wildman–Crippen MR) is 110 cm³/mol. The molecule has 0 atom stereocenters. The minimum absolute atomic E-state index is 0.208. The van der Waals surface area contributed by atoms with Crippen molar-refractivity contribution in [2.24, 2.45) is 0 Å². The lowest BCUT2D eigenvalue weighted by Gasteiger charge is -2.33. The van der Waals surface area contributed by atoms with Crippen LogP contribution < -0.4 is 10.2 Å². The highest BCUT2D eigenvalue weighted by Crippen LogP contribution is 2.19. The molecule has 1 amide bonds. The van der Waals surface area contributed by atoms with Crippen LogP contribution in [0.5, 0.6) is 0 Å². The third-order valence-corrected chi connectivity index (χ3v) is 5.02. The Hall–Kier alpha value is -3.00. The second-order valence-corrected chi connectivity index (χ2v) is 7.47. The quantitative estimate of drug-likeness (QED) is 0.750. The molecule has 3 aromatic heterocycles. The second kappa shape index (κ2) is 7.55. The molecule has 3 aromatic rings. The van der Waals surface area contributed by atoms with Gasteiger partial charge in [0.2, 0.25) is 0 Å². The second-order valence-electron chi connectivity index (χ2n) is 7.47. The monoisotopic (exact) mass is 379 g/mol. The summed E-state index contributed by atoms with van der Waals surface area (Å²) in [6.45, 7) is 8.09. The largest absolute Gasteiger partial charge is 0.354 e. The zero-order chi connectivity index (χ0) is 19.7. The van der Waals surface area contributed by atoms with E-state index in [1.807, 2.05) is 36.7 Å². The molecule has 0 unspecified atom stereocenters. The van der Waals surface area contributed by atoms with E-state index in [0.29, 0.717) is 11.3 Å². The molecule has 8 nitrogen and oxygen atoms in total. The maximum absolute atomic E-state index is 12.6. The average molecular weight is 379 g/mol. The molecule has 0 spiro atoms. The Morgan fingerprint density at radius 3 is 2.54 bits per heavy atom. The van der Waals surface area contributed by atoms with Gasteiger partial charge in [-0.15, -0.1) is 0 Å². The Morgan fingerprint density at radius 1 is 1.07 bits per heavy atom. The summed E-state index contributed by atoms with van der Waals surface area (Å²) in [5, 5.41) is 8.09. The van der Waals surface area contributed by atoms with Gasteiger partial charge < -0.3 is 15.1 Å². The van der Waals surface area contributed by atoms with Crippen LogP contribution >= 0.6 is 0 Å². The Balaban J connectivity index is 1.45. The van der Waals surface area contributed by atoms with E-state index in [2.05, 4.69) is 37.2 Å². The fourth-order valence-corrected chi connectivity index (χ4v) is 3.33. The van der Waals surface area contributed by atoms with Gasteiger partial charge in [0, 0.05) is 43.8 Å². The summed E-state index contributed by atoms with van der Waals surface area (Å²) in [6.07, 6.45) is 5.03. The molecule has 0 bridgehead atoms. The first kappa shape index (κ1) is 18.4. The molecule has 1 N–H and O–H groups in total. The summed E-state index contributed by atoms with van der Waals surface area (Å²) in [4.78, 5) is 26.1. The van der Waals surface area contributed by atoms with E-state index in [4.69, 9.17) is 0 Å². The first-order valence-corrected chi connectivity index (χ1v) is 9.55. The van der Waals surface area contributed by atoms with Crippen LogP contribution in [0.2, 0.25) is 0 Å². The van der Waals surface area contributed by atoms with Crippen LogP contribution in [0.4, 0.5) is 11.5 Å². The fourth-order valence-electron chi connectivity index (χ4n) is 3.33. The van der Waals surface area contributed by atoms with Crippen LogP contribution in [0.3, 0.4) is 0 Å². The van der Waals surface area contributed by atoms with Gasteiger partial charge in [-0.1, -0.05) is 0 Å². The average Bonchev–Trinajstić information content (AvgIpc) is 3.13. The highest BCUT2D eigenvalue weighted by molar-refractivity contribution is 6.05. The number of nitrogens with zero attached hydrogens (tertiary/aromatic N) is 6. The summed E-state index contributed by atoms with van der Waals surface area (Å²) < 4.78 is 1.85. The molecule has 0 aromatic carbocycles. The number of pyridine rings is 2. The summed E-state index contributed by atoms with van der Waals surface area (Å²) >= 11 is 0. The molecule has 1 fully saturated rings. The number of piperazine rings is 1. The summed E-state index contributed by atoms with van der Waals surface area (Å²) in [5.41, 5.74) is 1.95. The molecule has 0 radical (unpaired) electrons. The first-order valence-electron chi connectivity index (χ1n) is 9.55. The molecule has 0 saturated carbocycles. The van der Waals surface area contributed by atoms with E-state index >= 15 is 0 Å². The van der Waals surface area contributed by atoms with Crippen molar-refractivity contribution in [1.29, 1.82) is 0 Å². The van der Waals surface area contributed by atoms with Crippen LogP contribution in [-0.4, -0.2) is 63.8 Å². The van der Waals surface area contributed by atoms with Gasteiger partial charge in [-0.3, -0.25) is 4.79 Å². The van der Waals surface area contributed by atoms with Crippen LogP contribution in [0, 0.1) is 0 Å². The number of rotatable bonds is 4. The van der Waals surface area contributed by atoms with Gasteiger partial charge in [-0.05, 0) is 39.1 Å². The molecular weight excluding hydrogens is 354 g/mol. The molecule has 1 aliphatic rings. The van der Waals surface area contributed by atoms with E-state index in [-0.39, 0.29) is 11.9 Å². The van der Waals surface area contributed by atoms with Crippen LogP contribution in [0.15, 0.2) is 36.8 Å². The van der Waals surface area contributed by atoms with Crippen LogP contribution in [0.25, 0.3) is 11.0 Å². The SMILES string of the molecule is CC(C)n1ncc2cc(C(=O)Nc3ccc(N4CCN(C)CC4)nc3)cnc21. The van der Waals surface area contributed by atoms with Crippen LogP contribution in [0.1, 0.15) is 30.2 Å². The zero-order valence-corrected chi connectivity index (χ0v) is 16.5. The molecule has 8 heteroatoms. The Kier molecular flexibility index (Phi) is 4.95. The lowest BCUT2D eigenvalue weighted by molar-refractivity contribution is 0.102. The standard InChI is InChI=1S/C20H25N7O/c1-14(2)27-19-15(12-23-27)10-16(11-22-19)20(28)24-17-4-5-18(21-13-17)26-8-6-25(3)7-9-26/h4-5,10-14H,6-9H2,1-3H3,(H,24,28). The van der Waals surface area contributed by atoms with Crippen molar-refractivity contribution in [2.45, 2.75) is 19.9 Å². The van der Waals surface area contributed by atoms with Crippen molar-refractivity contribution < 1.29 is 4.79 Å². The molecule has 1 aliphatic heterocycles. The number of anilines is 2. The van der Waals surface area contributed by atoms with E-state index < -0.39 is 0 Å². The summed E-state index contributed by atoms with van der Waals surface area (Å²) in [6, 6.07) is 5.88. The van der Waals surface area contributed by atoms with Gasteiger partial charge >= 0.3 is 0 Å². The van der Waals surface area contributed by atoms with Gasteiger partial charge in [0.05, 0.1) is 23.6 Å². The smallest absolute Gasteiger partial charge is 0.257 e. The van der Waals surface area contributed by atoms with Crippen molar-refractivity contribution in [1.82, 2.24) is 24.6 Å². The van der Waals surface area contributed by atoms with E-state index in [1.165, 1.54) is 0 Å². The van der Waals surface area contributed by atoms with Crippen molar-refractivity contribution in [3.63, 3.8) is 0 Å². The minimum Gasteiger partial charge on any atom is -0.354 e. The van der Waals surface area contributed by atoms with Gasteiger partial charge in [-0.2, -0.15) is 5.10 Å². The fraction of sp³-hybridized carbons (Fsp3) is 0.400. The minimum atomic E-state index is -0.208. The number of nitrogens with one attached hydrogen (secondary N) is 1. The normalized spacial score (nSPS) is 15.4. The highest BCUT2D eigenvalue weighted by Gasteiger charge is 2.16. The van der Waals surface area contributed by atoms with E-state index in [9.17, 15) is 4.79 Å². The van der Waals surface area contributed by atoms with Crippen molar-refractivity contribution >= 4 is 28.4 Å². The van der Waals surface area contributed by atoms with Gasteiger partial charge in [0.25, 0.3) is 5.91 Å². The molecule has 28 heavy (non-hydrogen) atoms. The highest BCUT2D eigenvalue weighted by atomic mass is 16.1. The zero-order valence-electron chi connectivity index (χ0n) is 16.5. The maximum atomic E-state index is 12.6. The topological polar surface area (TPSA) is 79.2 Å². The third-order valence-electron chi connectivity index (χ3n) is 5.02. The third kappa shape index (κ3) is 3.68. The number of hydrogen-bond donors (Lipinski definition) is 1. The maximum Gasteiger partial charge on any atom is 0.257 e. The van der Waals surface area contributed by atoms with Crippen molar-refractivity contribution in [3.05, 3.63) is 42.4 Å². The van der Waals surface area contributed by atoms with Gasteiger partial charge in [0.1, 0.15) is 5.82 Å². The van der Waals surface area contributed by atoms with E-state index in [0.717, 1.165) is 43.0 Å². The van der Waals surface area contributed by atoms with Gasteiger partial charge in [-0.25, -0.2) is 14.6 Å². The summed E-state index contributed by atoms with van der Waals surface area (Å²) in [7, 11) is 2.13. The molecule has 4 heterocycles. The number of likely N-dealkylation sites (N-methyl/N-ethyl adjacent to an activating group) is 1. The first-order chi connectivity index (χ1) is 13.5. The molecule has 0 aliphatic carbocycles. The van der Waals surface area contributed by atoms with Crippen molar-refractivity contribution in [2.75, 3.05) is 43.4 Å². The van der Waals surface area contributed by atoms with Crippen molar-refractivity contribution in [3.8, 4) is 0 Å². The number of carbonyl (C=O) groups excluding carboxylic acids is 1. The molecular formula is C20H25N7O. The lowest BCUT2D eigenvalue weighted by atomic mass is 10.2. The molecule has 1 saturated heterocycles. The number of aromatic nitrogens is 4. The number of amides is 1. The van der Waals surface area contributed by atoms with Gasteiger partial charge in [0.15, 0.2) is 5.65 Å². The van der Waals surface area contributed by atoms with E-state index in [1.54, 1.807) is 18.6 Å². The molecule has 146 valence electrons. The Bertz CT molecular complexity index is 972. The number of fused-ring (bicyclic) bond motifs is 1. The Labute approximate surface area is 164 Å². The predicted octanol–water partition coefficient (Wildman–Crippen LogP) is 2.41. The lowest BCUT2D eigenvalue weighted by Crippen LogP contribution is -2.44.